The molecule has 62 heavy (non-hydrogen) atoms. The molecule has 0 spiro atoms. The second-order valence-corrected chi connectivity index (χ2v) is 18.9. The molecule has 3 aromatic rings. The summed E-state index contributed by atoms with van der Waals surface area (Å²) in [6.07, 6.45) is 7.84. The van der Waals surface area contributed by atoms with Crippen LogP contribution < -0.4 is 21.3 Å². The number of carboxylic acids is 1. The maximum Gasteiger partial charge on any atom is 0.407 e. The topological polar surface area (TPSA) is 207 Å². The lowest BCUT2D eigenvalue weighted by atomic mass is 9.39. The number of likely N-dealkylation sites (N-methyl/N-ethyl adjacent to an activating group) is 1. The number of hydrogen-bond acceptors (Lipinski definition) is 9. The van der Waals surface area contributed by atoms with Crippen LogP contribution in [0.4, 0.5) is 10.5 Å². The number of benzene rings is 1. The van der Waals surface area contributed by atoms with Crippen LogP contribution in [0, 0.1) is 29.1 Å². The summed E-state index contributed by atoms with van der Waals surface area (Å²) in [5, 5.41) is 20.9. The minimum atomic E-state index is -1.14. The standard InChI is InChI=1S/C47H62N6O9/c1-8-38(55)50-30(3)37(54)19-29(2)41(57)52-33-11-9-32(10-12-33)21-61-43(60)49-16-18-62-47-25-44(5)22-45(6,26-47)24-46(23-44,27-47)28-53-17-15-35(31(53)4)36-14-13-34(20-39(56)48-7)51-40(36)42(58)59/h9-15,17,29-30H,8,16,18-28H2,1-7H3,(H,48,56)(H,49,60)(H,50,55)(H,52,57)(H,58,59)/t29-,30+,44?,45?,46?,47?/m1/s1. The number of amides is 4. The number of anilines is 1. The lowest BCUT2D eigenvalue weighted by Crippen LogP contribution is -2.64. The molecule has 2 heterocycles. The molecule has 5 N–H and O–H groups in total. The first-order valence-electron chi connectivity index (χ1n) is 21.6. The van der Waals surface area contributed by atoms with Gasteiger partial charge in [0.1, 0.15) is 6.61 Å². The molecule has 4 saturated carbocycles. The van der Waals surface area contributed by atoms with Crippen LogP contribution in [-0.2, 0) is 48.2 Å². The highest BCUT2D eigenvalue weighted by molar-refractivity contribution is 5.97. The molecule has 4 aliphatic rings. The monoisotopic (exact) mass is 854 g/mol. The van der Waals surface area contributed by atoms with E-state index in [9.17, 15) is 33.9 Å². The number of pyridine rings is 1. The van der Waals surface area contributed by atoms with Crippen molar-refractivity contribution in [3.05, 3.63) is 71.3 Å². The van der Waals surface area contributed by atoms with Crippen molar-refractivity contribution in [1.82, 2.24) is 25.5 Å². The highest BCUT2D eigenvalue weighted by atomic mass is 16.5. The van der Waals surface area contributed by atoms with Crippen LogP contribution in [0.15, 0.2) is 48.7 Å². The number of rotatable bonds is 19. The van der Waals surface area contributed by atoms with Gasteiger partial charge in [0.15, 0.2) is 11.5 Å². The molecular formula is C47H62N6O9. The van der Waals surface area contributed by atoms with Gasteiger partial charge in [-0.1, -0.05) is 45.9 Å². The number of aromatic carboxylic acids is 1. The van der Waals surface area contributed by atoms with Crippen LogP contribution in [-0.4, -0.2) is 82.1 Å². The molecule has 4 bridgehead atoms. The third-order valence-corrected chi connectivity index (χ3v) is 13.0. The quantitative estimate of drug-likeness (QED) is 0.0844. The van der Waals surface area contributed by atoms with Gasteiger partial charge in [0.05, 0.1) is 30.4 Å². The van der Waals surface area contributed by atoms with E-state index in [0.717, 1.165) is 61.9 Å². The van der Waals surface area contributed by atoms with E-state index in [4.69, 9.17) is 9.47 Å². The van der Waals surface area contributed by atoms with Gasteiger partial charge in [-0.2, -0.15) is 0 Å². The fourth-order valence-corrected chi connectivity index (χ4v) is 11.3. The average Bonchev–Trinajstić information content (AvgIpc) is 3.55. The van der Waals surface area contributed by atoms with Crippen molar-refractivity contribution in [1.29, 1.82) is 0 Å². The largest absolute Gasteiger partial charge is 0.476 e. The summed E-state index contributed by atoms with van der Waals surface area (Å²) in [4.78, 5) is 78.1. The van der Waals surface area contributed by atoms with Crippen LogP contribution in [0.25, 0.3) is 11.1 Å². The number of nitrogens with one attached hydrogen (secondary N) is 4. The van der Waals surface area contributed by atoms with E-state index in [-0.39, 0.29) is 76.9 Å². The fraction of sp³-hybridized carbons (Fsp3) is 0.553. The number of carbonyl (C=O) groups is 6. The Hall–Kier alpha value is -5.57. The SMILES string of the molecule is CCC(=O)N[C@@H](C)C(=O)C[C@@H](C)C(=O)Nc1ccc(COC(=O)NCCOC23CC4(C)CC(C)(CC(Cn5ccc(-c6ccc(CC(=O)NC)nc6C(=O)O)c5C)(C4)C2)C3)cc1. The number of aromatic nitrogens is 2. The van der Waals surface area contributed by atoms with Crippen molar-refractivity contribution in [3.8, 4) is 11.1 Å². The first-order valence-corrected chi connectivity index (χ1v) is 21.6. The van der Waals surface area contributed by atoms with Gasteiger partial charge >= 0.3 is 12.1 Å². The summed E-state index contributed by atoms with van der Waals surface area (Å²) < 4.78 is 14.5. The summed E-state index contributed by atoms with van der Waals surface area (Å²) in [6, 6.07) is 11.7. The highest BCUT2D eigenvalue weighted by Crippen LogP contribution is 2.72. The smallest absolute Gasteiger partial charge is 0.407 e. The van der Waals surface area contributed by atoms with Crippen LogP contribution >= 0.6 is 0 Å². The summed E-state index contributed by atoms with van der Waals surface area (Å²) in [5.41, 5.74) is 3.73. The van der Waals surface area contributed by atoms with Gasteiger partial charge in [-0.15, -0.1) is 0 Å². The van der Waals surface area contributed by atoms with E-state index in [2.05, 4.69) is 44.7 Å². The molecule has 0 radical (unpaired) electrons. The van der Waals surface area contributed by atoms with Crippen LogP contribution in [0.5, 0.6) is 0 Å². The summed E-state index contributed by atoms with van der Waals surface area (Å²) in [6.45, 7) is 13.2. The van der Waals surface area contributed by atoms with Crippen molar-refractivity contribution < 1.29 is 43.3 Å². The van der Waals surface area contributed by atoms with E-state index in [1.807, 2.05) is 19.2 Å². The number of hydrogen-bond donors (Lipinski definition) is 5. The van der Waals surface area contributed by atoms with Crippen LogP contribution in [0.1, 0.15) is 113 Å². The predicted molar refractivity (Wildman–Crippen MR) is 232 cm³/mol. The van der Waals surface area contributed by atoms with E-state index >= 15 is 0 Å². The lowest BCUT2D eigenvalue weighted by molar-refractivity contribution is -0.247. The van der Waals surface area contributed by atoms with Gasteiger partial charge in [0.25, 0.3) is 0 Å². The normalized spacial score (nSPS) is 24.4. The third-order valence-electron chi connectivity index (χ3n) is 13.0. The van der Waals surface area contributed by atoms with E-state index in [0.29, 0.717) is 30.1 Å². The molecule has 15 heteroatoms. The number of carboxylic acid groups (broad SMARTS) is 1. The Morgan fingerprint density at radius 1 is 0.887 bits per heavy atom. The van der Waals surface area contributed by atoms with Crippen molar-refractivity contribution in [2.75, 3.05) is 25.5 Å². The molecule has 4 fully saturated rings. The minimum Gasteiger partial charge on any atom is -0.476 e. The maximum atomic E-state index is 12.7. The van der Waals surface area contributed by atoms with Gasteiger partial charge in [0, 0.05) is 67.6 Å². The molecule has 1 aromatic carbocycles. The molecule has 2 unspecified atom stereocenters. The van der Waals surface area contributed by atoms with Crippen molar-refractivity contribution in [3.63, 3.8) is 0 Å². The molecule has 0 saturated heterocycles. The van der Waals surface area contributed by atoms with Gasteiger partial charge in [-0.05, 0) is 98.4 Å². The van der Waals surface area contributed by atoms with Gasteiger partial charge in [-0.25, -0.2) is 14.6 Å². The maximum absolute atomic E-state index is 12.7. The van der Waals surface area contributed by atoms with Gasteiger partial charge in [-0.3, -0.25) is 19.2 Å². The molecule has 4 atom stereocenters. The molecule has 15 nitrogen and oxygen atoms in total. The predicted octanol–water partition coefficient (Wildman–Crippen LogP) is 6.36. The first kappa shape index (κ1) is 45.9. The molecule has 4 aliphatic carbocycles. The minimum absolute atomic E-state index is 0.00102. The van der Waals surface area contributed by atoms with Crippen molar-refractivity contribution >= 4 is 41.3 Å². The Kier molecular flexibility index (Phi) is 13.6. The zero-order valence-electron chi connectivity index (χ0n) is 37.1. The van der Waals surface area contributed by atoms with Crippen molar-refractivity contribution in [2.24, 2.45) is 22.2 Å². The van der Waals surface area contributed by atoms with Crippen molar-refractivity contribution in [2.45, 2.75) is 124 Å². The average molecular weight is 855 g/mol. The van der Waals surface area contributed by atoms with E-state index in [1.54, 1.807) is 57.2 Å². The molecule has 4 amide bonds. The third kappa shape index (κ3) is 10.7. The number of alkyl carbamates (subject to hydrolysis) is 1. The zero-order chi connectivity index (χ0) is 45.0. The molecule has 334 valence electrons. The number of nitrogens with zero attached hydrogens (tertiary/aromatic N) is 2. The molecular weight excluding hydrogens is 793 g/mol. The Morgan fingerprint density at radius 3 is 2.23 bits per heavy atom. The number of ether oxygens (including phenoxy) is 2. The molecule has 0 aliphatic heterocycles. The fourth-order valence-electron chi connectivity index (χ4n) is 11.3. The Morgan fingerprint density at radius 2 is 1.58 bits per heavy atom. The van der Waals surface area contributed by atoms with E-state index in [1.165, 1.54) is 7.05 Å². The zero-order valence-corrected chi connectivity index (χ0v) is 37.1. The summed E-state index contributed by atoms with van der Waals surface area (Å²) >= 11 is 0. The van der Waals surface area contributed by atoms with Gasteiger partial charge in [0.2, 0.25) is 17.7 Å². The summed E-state index contributed by atoms with van der Waals surface area (Å²) in [7, 11) is 1.53. The number of carbonyl (C=O) groups excluding carboxylic acids is 5. The summed E-state index contributed by atoms with van der Waals surface area (Å²) in [5.74, 6) is -2.73. The number of ketones is 1. The van der Waals surface area contributed by atoms with Gasteiger partial charge < -0.3 is 40.4 Å². The van der Waals surface area contributed by atoms with Crippen LogP contribution in [0.3, 0.4) is 0 Å². The second-order valence-electron chi connectivity index (χ2n) is 18.9. The lowest BCUT2D eigenvalue weighted by Gasteiger charge is -2.69. The highest BCUT2D eigenvalue weighted by Gasteiger charge is 2.66. The number of Topliss-reactive ketones (excluding diaryl/α,β-unsaturated/α-hetero) is 1. The Bertz CT molecular complexity index is 2180. The molecule has 2 aromatic heterocycles. The Balaban J connectivity index is 1.00. The Labute approximate surface area is 363 Å². The first-order chi connectivity index (χ1) is 29.3. The second kappa shape index (κ2) is 18.4. The van der Waals surface area contributed by atoms with E-state index < -0.39 is 24.0 Å². The molecule has 7 rings (SSSR count). The van der Waals surface area contributed by atoms with Crippen LogP contribution in [0.2, 0.25) is 0 Å².